The molecule has 0 unspecified atom stereocenters. The van der Waals surface area contributed by atoms with Crippen LogP contribution in [0.5, 0.6) is 5.75 Å². The van der Waals surface area contributed by atoms with Gasteiger partial charge in [-0.2, -0.15) is 13.2 Å². The summed E-state index contributed by atoms with van der Waals surface area (Å²) in [6.45, 7) is 4.63. The number of carbonyl (C=O) groups excluding carboxylic acids is 1. The summed E-state index contributed by atoms with van der Waals surface area (Å²) in [6, 6.07) is 2.00. The van der Waals surface area contributed by atoms with E-state index >= 15 is 0 Å². The van der Waals surface area contributed by atoms with Crippen molar-refractivity contribution in [1.29, 1.82) is 0 Å². The zero-order chi connectivity index (χ0) is 16.0. The Labute approximate surface area is 120 Å². The van der Waals surface area contributed by atoms with Crippen molar-refractivity contribution >= 4 is 5.91 Å². The molecule has 0 aliphatic carbocycles. The molecule has 0 saturated carbocycles. The van der Waals surface area contributed by atoms with Gasteiger partial charge in [0.05, 0.1) is 0 Å². The number of phenols is 1. The first-order valence-electron chi connectivity index (χ1n) is 6.53. The molecule has 1 aliphatic rings. The summed E-state index contributed by atoms with van der Waals surface area (Å²) >= 11 is 0. The molecular weight excluding hydrogens is 285 g/mol. The van der Waals surface area contributed by atoms with E-state index < -0.39 is 17.6 Å². The van der Waals surface area contributed by atoms with E-state index in [2.05, 4.69) is 10.6 Å². The highest BCUT2D eigenvalue weighted by atomic mass is 19.4. The van der Waals surface area contributed by atoms with Crippen LogP contribution in [0, 0.1) is 13.8 Å². The maximum absolute atomic E-state index is 13.6. The molecular formula is C14H17F3N2O2. The van der Waals surface area contributed by atoms with Crippen molar-refractivity contribution in [3.63, 3.8) is 0 Å². The van der Waals surface area contributed by atoms with Gasteiger partial charge >= 0.3 is 6.18 Å². The molecule has 21 heavy (non-hydrogen) atoms. The lowest BCUT2D eigenvalue weighted by Crippen LogP contribution is -2.70. The van der Waals surface area contributed by atoms with E-state index in [9.17, 15) is 23.1 Å². The highest BCUT2D eigenvalue weighted by Gasteiger charge is 2.63. The lowest BCUT2D eigenvalue weighted by atomic mass is 9.84. The highest BCUT2D eigenvalue weighted by molar-refractivity contribution is 5.90. The second kappa shape index (κ2) is 4.91. The molecule has 116 valence electrons. The molecule has 0 spiro atoms. The predicted molar refractivity (Wildman–Crippen MR) is 70.9 cm³/mol. The summed E-state index contributed by atoms with van der Waals surface area (Å²) in [5.74, 6) is -1.20. The largest absolute Gasteiger partial charge is 0.507 e. The van der Waals surface area contributed by atoms with Gasteiger partial charge in [0.15, 0.2) is 0 Å². The average molecular weight is 302 g/mol. The number of benzene rings is 1. The van der Waals surface area contributed by atoms with E-state index in [1.165, 1.54) is 26.0 Å². The minimum Gasteiger partial charge on any atom is -0.507 e. The molecule has 1 saturated heterocycles. The van der Waals surface area contributed by atoms with E-state index in [4.69, 9.17) is 0 Å². The van der Waals surface area contributed by atoms with Gasteiger partial charge in [-0.25, -0.2) is 0 Å². The van der Waals surface area contributed by atoms with E-state index in [1.54, 1.807) is 6.92 Å². The monoisotopic (exact) mass is 302 g/mol. The van der Waals surface area contributed by atoms with Crippen LogP contribution in [0.3, 0.4) is 0 Å². The fourth-order valence-electron chi connectivity index (χ4n) is 2.57. The van der Waals surface area contributed by atoms with Crippen molar-refractivity contribution in [2.45, 2.75) is 38.5 Å². The van der Waals surface area contributed by atoms with Gasteiger partial charge in [0.25, 0.3) is 5.91 Å². The maximum Gasteiger partial charge on any atom is 0.419 e. The van der Waals surface area contributed by atoms with Crippen molar-refractivity contribution in [3.05, 3.63) is 28.8 Å². The third-order valence-corrected chi connectivity index (χ3v) is 3.74. The Morgan fingerprint density at radius 1 is 1.29 bits per heavy atom. The quantitative estimate of drug-likeness (QED) is 0.742. The van der Waals surface area contributed by atoms with Gasteiger partial charge in [-0.3, -0.25) is 10.1 Å². The molecule has 4 nitrogen and oxygen atoms in total. The van der Waals surface area contributed by atoms with Crippen molar-refractivity contribution < 1.29 is 23.1 Å². The summed E-state index contributed by atoms with van der Waals surface area (Å²) in [4.78, 5) is 12.1. The Balaban J connectivity index is 2.65. The Hall–Kier alpha value is -1.76. The van der Waals surface area contributed by atoms with Crippen LogP contribution in [0.15, 0.2) is 12.1 Å². The molecule has 1 aromatic carbocycles. The number of piperazine rings is 1. The van der Waals surface area contributed by atoms with Crippen molar-refractivity contribution in [1.82, 2.24) is 10.6 Å². The first-order valence-corrected chi connectivity index (χ1v) is 6.53. The number of aromatic hydroxyl groups is 1. The van der Waals surface area contributed by atoms with E-state index in [0.29, 0.717) is 11.1 Å². The number of hydrogen-bond donors (Lipinski definition) is 3. The third-order valence-electron chi connectivity index (χ3n) is 3.74. The number of nitrogens with one attached hydrogen (secondary N) is 2. The topological polar surface area (TPSA) is 61.4 Å². The summed E-state index contributed by atoms with van der Waals surface area (Å²) in [5.41, 5.74) is -2.42. The van der Waals surface area contributed by atoms with Crippen molar-refractivity contribution in [3.8, 4) is 5.75 Å². The van der Waals surface area contributed by atoms with Gasteiger partial charge in [-0.15, -0.1) is 0 Å². The molecule has 7 heteroatoms. The fraction of sp³-hybridized carbons (Fsp3) is 0.500. The minimum absolute atomic E-state index is 0.00419. The zero-order valence-electron chi connectivity index (χ0n) is 11.9. The average Bonchev–Trinajstić information content (AvgIpc) is 2.34. The van der Waals surface area contributed by atoms with E-state index in [-0.39, 0.29) is 23.9 Å². The standard InChI is InChI=1S/C14H17F3N2O2/c1-7-4-10(5-8(2)11(7)20)13(14(15,16)17)12(21)19-9(3)6-18-13/h4-5,9,18,20H,6H2,1-3H3,(H,19,21)/t9-,13+/m0/s1. The molecule has 1 heterocycles. The molecule has 1 fully saturated rings. The van der Waals surface area contributed by atoms with Gasteiger partial charge in [0.1, 0.15) is 5.75 Å². The summed E-state index contributed by atoms with van der Waals surface area (Å²) in [5, 5.41) is 14.4. The van der Waals surface area contributed by atoms with Crippen LogP contribution < -0.4 is 10.6 Å². The number of amides is 1. The molecule has 1 aromatic rings. The molecule has 2 rings (SSSR count). The molecule has 1 aliphatic heterocycles. The normalized spacial score (nSPS) is 26.6. The van der Waals surface area contributed by atoms with Crippen LogP contribution in [0.1, 0.15) is 23.6 Å². The lowest BCUT2D eigenvalue weighted by Gasteiger charge is -2.41. The number of aryl methyl sites for hydroxylation is 2. The Bertz CT molecular complexity index is 563. The first-order chi connectivity index (χ1) is 9.59. The van der Waals surface area contributed by atoms with Crippen LogP contribution in [0.25, 0.3) is 0 Å². The molecule has 0 bridgehead atoms. The maximum atomic E-state index is 13.6. The highest BCUT2D eigenvalue weighted by Crippen LogP contribution is 2.42. The van der Waals surface area contributed by atoms with E-state index in [1.807, 2.05) is 0 Å². The van der Waals surface area contributed by atoms with Gasteiger partial charge in [-0.05, 0) is 49.6 Å². The van der Waals surface area contributed by atoms with Gasteiger partial charge in [0.2, 0.25) is 5.54 Å². The number of carbonyl (C=O) groups is 1. The Kier molecular flexibility index (Phi) is 3.65. The molecule has 0 radical (unpaired) electrons. The third kappa shape index (κ3) is 2.35. The van der Waals surface area contributed by atoms with Gasteiger partial charge in [-0.1, -0.05) is 0 Å². The summed E-state index contributed by atoms with van der Waals surface area (Å²) in [6.07, 6.45) is -4.80. The second-order valence-corrected chi connectivity index (χ2v) is 5.46. The zero-order valence-corrected chi connectivity index (χ0v) is 11.9. The number of halogens is 3. The van der Waals surface area contributed by atoms with Crippen LogP contribution in [-0.4, -0.2) is 29.8 Å². The van der Waals surface area contributed by atoms with Crippen LogP contribution in [-0.2, 0) is 10.3 Å². The first kappa shape index (κ1) is 15.6. The van der Waals surface area contributed by atoms with Crippen molar-refractivity contribution in [2.75, 3.05) is 6.54 Å². The predicted octanol–water partition coefficient (Wildman–Crippen LogP) is 1.87. The summed E-state index contributed by atoms with van der Waals surface area (Å²) < 4.78 is 40.9. The fourth-order valence-corrected chi connectivity index (χ4v) is 2.57. The number of rotatable bonds is 1. The number of hydrogen-bond acceptors (Lipinski definition) is 3. The van der Waals surface area contributed by atoms with Crippen molar-refractivity contribution in [2.24, 2.45) is 0 Å². The lowest BCUT2D eigenvalue weighted by molar-refractivity contribution is -0.207. The minimum atomic E-state index is -4.80. The second-order valence-electron chi connectivity index (χ2n) is 5.46. The molecule has 2 atom stereocenters. The van der Waals surface area contributed by atoms with Crippen LogP contribution in [0.4, 0.5) is 13.2 Å². The number of alkyl halides is 3. The Morgan fingerprint density at radius 3 is 2.24 bits per heavy atom. The van der Waals surface area contributed by atoms with Gasteiger partial charge < -0.3 is 10.4 Å². The van der Waals surface area contributed by atoms with Gasteiger partial charge in [0, 0.05) is 12.6 Å². The van der Waals surface area contributed by atoms with Crippen LogP contribution in [0.2, 0.25) is 0 Å². The van der Waals surface area contributed by atoms with E-state index in [0.717, 1.165) is 0 Å². The molecule has 0 aromatic heterocycles. The smallest absolute Gasteiger partial charge is 0.419 e. The summed E-state index contributed by atoms with van der Waals surface area (Å²) in [7, 11) is 0. The van der Waals surface area contributed by atoms with Crippen LogP contribution >= 0.6 is 0 Å². The number of phenolic OH excluding ortho intramolecular Hbond substituents is 1. The Morgan fingerprint density at radius 2 is 1.81 bits per heavy atom. The molecule has 1 amide bonds. The SMILES string of the molecule is Cc1cc([C@@]2(C(F)(F)F)NC[C@H](C)NC2=O)cc(C)c1O. The molecule has 3 N–H and O–H groups in total.